The van der Waals surface area contributed by atoms with Crippen molar-refractivity contribution in [2.75, 3.05) is 20.2 Å². The second-order valence-electron chi connectivity index (χ2n) is 6.03. The lowest BCUT2D eigenvalue weighted by Gasteiger charge is -2.41. The molecular weight excluding hydrogens is 255 g/mol. The lowest BCUT2D eigenvalue weighted by molar-refractivity contribution is 0.114. The zero-order chi connectivity index (χ0) is 14.7. The minimum Gasteiger partial charge on any atom is -0.494 e. The van der Waals surface area contributed by atoms with Gasteiger partial charge in [-0.2, -0.15) is 0 Å². The van der Waals surface area contributed by atoms with Gasteiger partial charge in [-0.3, -0.25) is 4.90 Å². The highest BCUT2D eigenvalue weighted by atomic mass is 19.1. The molecule has 1 saturated heterocycles. The minimum atomic E-state index is -0.313. The van der Waals surface area contributed by atoms with Crippen LogP contribution in [0.5, 0.6) is 5.75 Å². The largest absolute Gasteiger partial charge is 0.494 e. The van der Waals surface area contributed by atoms with Crippen molar-refractivity contribution in [2.24, 2.45) is 11.7 Å². The normalized spacial score (nSPS) is 24.1. The van der Waals surface area contributed by atoms with E-state index < -0.39 is 0 Å². The number of halogens is 1. The van der Waals surface area contributed by atoms with Crippen LogP contribution in [-0.2, 0) is 0 Å². The number of ether oxygens (including phenoxy) is 1. The fourth-order valence-electron chi connectivity index (χ4n) is 3.10. The van der Waals surface area contributed by atoms with Gasteiger partial charge in [-0.15, -0.1) is 0 Å². The van der Waals surface area contributed by atoms with Crippen LogP contribution >= 0.6 is 0 Å². The standard InChI is InChI=1S/C16H25FN2O/c1-11(2)10-19-8-4-5-14(18)16(19)12-6-7-15(20-3)13(17)9-12/h6-7,9,11,14,16H,4-5,8,10,18H2,1-3H3. The molecule has 2 unspecified atom stereocenters. The first kappa shape index (κ1) is 15.3. The van der Waals surface area contributed by atoms with Crippen molar-refractivity contribution in [3.63, 3.8) is 0 Å². The highest BCUT2D eigenvalue weighted by Gasteiger charge is 2.31. The second kappa shape index (κ2) is 6.55. The van der Waals surface area contributed by atoms with Crippen molar-refractivity contribution in [2.45, 2.75) is 38.8 Å². The van der Waals surface area contributed by atoms with Gasteiger partial charge < -0.3 is 10.5 Å². The third-order valence-corrected chi connectivity index (χ3v) is 3.90. The van der Waals surface area contributed by atoms with Gasteiger partial charge >= 0.3 is 0 Å². The van der Waals surface area contributed by atoms with Crippen LogP contribution in [0, 0.1) is 11.7 Å². The Morgan fingerprint density at radius 3 is 2.80 bits per heavy atom. The predicted octanol–water partition coefficient (Wildman–Crippen LogP) is 2.95. The van der Waals surface area contributed by atoms with E-state index in [1.165, 1.54) is 7.11 Å². The summed E-state index contributed by atoms with van der Waals surface area (Å²) < 4.78 is 18.9. The molecule has 2 rings (SSSR count). The Morgan fingerprint density at radius 2 is 2.20 bits per heavy atom. The lowest BCUT2D eigenvalue weighted by atomic mass is 9.90. The summed E-state index contributed by atoms with van der Waals surface area (Å²) in [5.41, 5.74) is 7.26. The van der Waals surface area contributed by atoms with Crippen LogP contribution < -0.4 is 10.5 Å². The summed E-state index contributed by atoms with van der Waals surface area (Å²) >= 11 is 0. The van der Waals surface area contributed by atoms with Crippen LogP contribution in [-0.4, -0.2) is 31.1 Å². The molecular formula is C16H25FN2O. The zero-order valence-electron chi connectivity index (χ0n) is 12.6. The van der Waals surface area contributed by atoms with Crippen molar-refractivity contribution in [1.82, 2.24) is 4.90 Å². The monoisotopic (exact) mass is 280 g/mol. The Labute approximate surface area is 120 Å². The van der Waals surface area contributed by atoms with E-state index in [1.54, 1.807) is 12.1 Å². The topological polar surface area (TPSA) is 38.5 Å². The van der Waals surface area contributed by atoms with Crippen molar-refractivity contribution < 1.29 is 9.13 Å². The smallest absolute Gasteiger partial charge is 0.165 e. The van der Waals surface area contributed by atoms with Crippen LogP contribution in [0.1, 0.15) is 38.3 Å². The highest BCUT2D eigenvalue weighted by molar-refractivity contribution is 5.32. The molecule has 20 heavy (non-hydrogen) atoms. The summed E-state index contributed by atoms with van der Waals surface area (Å²) in [5.74, 6) is 0.548. The summed E-state index contributed by atoms with van der Waals surface area (Å²) in [5, 5.41) is 0. The molecule has 1 aliphatic heterocycles. The van der Waals surface area contributed by atoms with E-state index in [0.29, 0.717) is 5.92 Å². The first-order chi connectivity index (χ1) is 9.52. The Morgan fingerprint density at radius 1 is 1.45 bits per heavy atom. The predicted molar refractivity (Wildman–Crippen MR) is 79.3 cm³/mol. The van der Waals surface area contributed by atoms with Gasteiger partial charge in [0.25, 0.3) is 0 Å². The molecule has 0 bridgehead atoms. The number of nitrogens with two attached hydrogens (primary N) is 1. The average molecular weight is 280 g/mol. The molecule has 0 radical (unpaired) electrons. The van der Waals surface area contributed by atoms with E-state index in [1.807, 2.05) is 6.07 Å². The Kier molecular flexibility index (Phi) is 5.00. The molecule has 2 N–H and O–H groups in total. The average Bonchev–Trinajstić information content (AvgIpc) is 2.38. The van der Waals surface area contributed by atoms with Gasteiger partial charge in [-0.05, 0) is 43.0 Å². The number of hydrogen-bond donors (Lipinski definition) is 1. The van der Waals surface area contributed by atoms with Crippen LogP contribution in [0.25, 0.3) is 0 Å². The molecule has 0 aromatic heterocycles. The molecule has 0 saturated carbocycles. The van der Waals surface area contributed by atoms with E-state index >= 15 is 0 Å². The minimum absolute atomic E-state index is 0.0651. The number of benzene rings is 1. The summed E-state index contributed by atoms with van der Waals surface area (Å²) in [4.78, 5) is 2.39. The molecule has 0 spiro atoms. The molecule has 1 aromatic carbocycles. The Balaban J connectivity index is 2.27. The van der Waals surface area contributed by atoms with E-state index in [-0.39, 0.29) is 23.7 Å². The molecule has 4 heteroatoms. The van der Waals surface area contributed by atoms with Crippen molar-refractivity contribution in [3.05, 3.63) is 29.6 Å². The van der Waals surface area contributed by atoms with Gasteiger partial charge in [0, 0.05) is 18.6 Å². The number of hydrogen-bond acceptors (Lipinski definition) is 3. The Bertz CT molecular complexity index is 450. The van der Waals surface area contributed by atoms with Gasteiger partial charge in [0.15, 0.2) is 11.6 Å². The number of likely N-dealkylation sites (tertiary alicyclic amines) is 1. The van der Waals surface area contributed by atoms with Crippen molar-refractivity contribution >= 4 is 0 Å². The maximum Gasteiger partial charge on any atom is 0.165 e. The molecule has 1 aliphatic rings. The van der Waals surface area contributed by atoms with E-state index in [9.17, 15) is 4.39 Å². The Hall–Kier alpha value is -1.13. The zero-order valence-corrected chi connectivity index (χ0v) is 12.6. The molecule has 2 atom stereocenters. The van der Waals surface area contributed by atoms with E-state index in [0.717, 1.165) is 31.5 Å². The molecule has 0 aliphatic carbocycles. The van der Waals surface area contributed by atoms with Crippen molar-refractivity contribution in [3.8, 4) is 5.75 Å². The fourth-order valence-corrected chi connectivity index (χ4v) is 3.10. The molecule has 1 heterocycles. The van der Waals surface area contributed by atoms with Crippen molar-refractivity contribution in [1.29, 1.82) is 0 Å². The lowest BCUT2D eigenvalue weighted by Crippen LogP contribution is -2.47. The third kappa shape index (κ3) is 3.30. The number of nitrogens with zero attached hydrogens (tertiary/aromatic N) is 1. The van der Waals surface area contributed by atoms with Gasteiger partial charge in [0.2, 0.25) is 0 Å². The third-order valence-electron chi connectivity index (χ3n) is 3.90. The summed E-state index contributed by atoms with van der Waals surface area (Å²) in [6, 6.07) is 5.37. The van der Waals surface area contributed by atoms with Gasteiger partial charge in [-0.25, -0.2) is 4.39 Å². The van der Waals surface area contributed by atoms with Crippen LogP contribution in [0.4, 0.5) is 4.39 Å². The van der Waals surface area contributed by atoms with Crippen LogP contribution in [0.15, 0.2) is 18.2 Å². The number of piperidine rings is 1. The molecule has 1 fully saturated rings. The summed E-state index contributed by atoms with van der Waals surface area (Å²) in [6.45, 7) is 6.42. The molecule has 1 aromatic rings. The quantitative estimate of drug-likeness (QED) is 0.921. The van der Waals surface area contributed by atoms with E-state index in [2.05, 4.69) is 18.7 Å². The van der Waals surface area contributed by atoms with Crippen LogP contribution in [0.3, 0.4) is 0 Å². The van der Waals surface area contributed by atoms with Gasteiger partial charge in [0.05, 0.1) is 7.11 Å². The highest BCUT2D eigenvalue weighted by Crippen LogP contribution is 2.32. The summed E-state index contributed by atoms with van der Waals surface area (Å²) in [7, 11) is 1.48. The summed E-state index contributed by atoms with van der Waals surface area (Å²) in [6.07, 6.45) is 2.11. The molecule has 0 amide bonds. The first-order valence-electron chi connectivity index (χ1n) is 7.36. The molecule has 112 valence electrons. The number of rotatable bonds is 4. The second-order valence-corrected chi connectivity index (χ2v) is 6.03. The van der Waals surface area contributed by atoms with E-state index in [4.69, 9.17) is 10.5 Å². The maximum absolute atomic E-state index is 13.9. The first-order valence-corrected chi connectivity index (χ1v) is 7.36. The van der Waals surface area contributed by atoms with Gasteiger partial charge in [-0.1, -0.05) is 19.9 Å². The van der Waals surface area contributed by atoms with Crippen LogP contribution in [0.2, 0.25) is 0 Å². The number of methoxy groups -OCH3 is 1. The SMILES string of the molecule is COc1ccc(C2C(N)CCCN2CC(C)C)cc1F. The maximum atomic E-state index is 13.9. The molecule has 3 nitrogen and oxygen atoms in total. The van der Waals surface area contributed by atoms with Gasteiger partial charge in [0.1, 0.15) is 0 Å². The fraction of sp³-hybridized carbons (Fsp3) is 0.625.